The van der Waals surface area contributed by atoms with E-state index >= 15 is 0 Å². The van der Waals surface area contributed by atoms with Gasteiger partial charge in [0.25, 0.3) is 0 Å². The number of hydrogen-bond acceptors (Lipinski definition) is 4. The summed E-state index contributed by atoms with van der Waals surface area (Å²) in [6, 6.07) is 10.7. The van der Waals surface area contributed by atoms with Crippen LogP contribution in [-0.4, -0.2) is 8.42 Å². The Morgan fingerprint density at radius 3 is 2.26 bits per heavy atom. The number of hydrogen-bond donors (Lipinski definition) is 2. The van der Waals surface area contributed by atoms with Crippen molar-refractivity contribution in [1.29, 1.82) is 0 Å². The summed E-state index contributed by atoms with van der Waals surface area (Å²) in [7, 11) is -3.61. The summed E-state index contributed by atoms with van der Waals surface area (Å²) in [5.74, 6) is 0. The summed E-state index contributed by atoms with van der Waals surface area (Å²) in [6.07, 6.45) is 1.05. The lowest BCUT2D eigenvalue weighted by Gasteiger charge is -2.05. The molecule has 2 aromatic rings. The predicted octanol–water partition coefficient (Wildman–Crippen LogP) is 2.57. The zero-order valence-corrected chi connectivity index (χ0v) is 12.2. The number of nitrogens with two attached hydrogens (primary N) is 1. The summed E-state index contributed by atoms with van der Waals surface area (Å²) in [4.78, 5) is 2.75. The normalized spacial score (nSPS) is 11.5. The van der Waals surface area contributed by atoms with E-state index in [4.69, 9.17) is 5.14 Å². The first kappa shape index (κ1) is 14.0. The molecule has 1 aromatic carbocycles. The van der Waals surface area contributed by atoms with Crippen molar-refractivity contribution >= 4 is 27.0 Å². The van der Waals surface area contributed by atoms with Crippen LogP contribution in [0.25, 0.3) is 0 Å². The van der Waals surface area contributed by atoms with Gasteiger partial charge in [0.05, 0.1) is 4.90 Å². The molecule has 4 nitrogen and oxygen atoms in total. The fraction of sp³-hybridized carbons (Fsp3) is 0.231. The van der Waals surface area contributed by atoms with Crippen LogP contribution in [0.4, 0.5) is 5.69 Å². The molecule has 1 aromatic heterocycles. The number of nitrogens with one attached hydrogen (secondary N) is 1. The van der Waals surface area contributed by atoms with E-state index in [1.54, 1.807) is 23.5 Å². The lowest BCUT2D eigenvalue weighted by atomic mass is 10.3. The molecule has 19 heavy (non-hydrogen) atoms. The van der Waals surface area contributed by atoms with E-state index in [-0.39, 0.29) is 4.90 Å². The predicted molar refractivity (Wildman–Crippen MR) is 78.8 cm³/mol. The number of anilines is 1. The molecule has 0 atom stereocenters. The number of aryl methyl sites for hydroxylation is 1. The van der Waals surface area contributed by atoms with Crippen LogP contribution in [0.3, 0.4) is 0 Å². The Hall–Kier alpha value is -1.37. The first-order valence-corrected chi connectivity index (χ1v) is 8.29. The average Bonchev–Trinajstić information content (AvgIpc) is 2.84. The Bertz CT molecular complexity index is 646. The first-order chi connectivity index (χ1) is 8.99. The van der Waals surface area contributed by atoms with E-state index in [1.807, 2.05) is 0 Å². The van der Waals surface area contributed by atoms with Gasteiger partial charge in [-0.15, -0.1) is 11.3 Å². The molecule has 0 aliphatic rings. The molecule has 0 saturated carbocycles. The molecule has 0 spiro atoms. The Balaban J connectivity index is 2.00. The van der Waals surface area contributed by atoms with Gasteiger partial charge in [0.2, 0.25) is 10.0 Å². The van der Waals surface area contributed by atoms with Gasteiger partial charge in [0, 0.05) is 22.0 Å². The minimum atomic E-state index is -3.61. The van der Waals surface area contributed by atoms with E-state index < -0.39 is 10.0 Å². The van der Waals surface area contributed by atoms with Crippen molar-refractivity contribution in [3.8, 4) is 0 Å². The number of thiophene rings is 1. The summed E-state index contributed by atoms with van der Waals surface area (Å²) in [5.41, 5.74) is 0.874. The molecular weight excluding hydrogens is 280 g/mol. The first-order valence-electron chi connectivity index (χ1n) is 5.93. The van der Waals surface area contributed by atoms with Gasteiger partial charge in [-0.25, -0.2) is 13.6 Å². The molecule has 0 saturated heterocycles. The van der Waals surface area contributed by atoms with Crippen LogP contribution in [0.2, 0.25) is 0 Å². The van der Waals surface area contributed by atoms with Crippen LogP contribution in [0, 0.1) is 0 Å². The maximum atomic E-state index is 11.1. The molecule has 3 N–H and O–H groups in total. The van der Waals surface area contributed by atoms with Gasteiger partial charge in [-0.1, -0.05) is 6.92 Å². The summed E-state index contributed by atoms with van der Waals surface area (Å²) < 4.78 is 22.2. The standard InChI is InChI=1S/C13H16N2O2S2/c1-2-11-5-6-12(18-11)9-15-10-3-7-13(8-4-10)19(14,16)17/h3-8,15H,2,9H2,1H3,(H2,14,16,17). The quantitative estimate of drug-likeness (QED) is 0.890. The average molecular weight is 296 g/mol. The smallest absolute Gasteiger partial charge is 0.238 e. The lowest BCUT2D eigenvalue weighted by molar-refractivity contribution is 0.598. The fourth-order valence-corrected chi connectivity index (χ4v) is 3.07. The third-order valence-corrected chi connectivity index (χ3v) is 4.87. The van der Waals surface area contributed by atoms with Crippen molar-refractivity contribution in [3.63, 3.8) is 0 Å². The largest absolute Gasteiger partial charge is 0.380 e. The third-order valence-electron chi connectivity index (χ3n) is 2.72. The monoisotopic (exact) mass is 296 g/mol. The zero-order valence-electron chi connectivity index (χ0n) is 10.6. The van der Waals surface area contributed by atoms with E-state index in [2.05, 4.69) is 24.4 Å². The molecule has 0 fully saturated rings. The highest BCUT2D eigenvalue weighted by molar-refractivity contribution is 7.89. The van der Waals surface area contributed by atoms with Gasteiger partial charge < -0.3 is 5.32 Å². The molecule has 0 bridgehead atoms. The van der Waals surface area contributed by atoms with Crippen molar-refractivity contribution < 1.29 is 8.42 Å². The van der Waals surface area contributed by atoms with E-state index in [9.17, 15) is 8.42 Å². The zero-order chi connectivity index (χ0) is 13.9. The number of primary sulfonamides is 1. The highest BCUT2D eigenvalue weighted by atomic mass is 32.2. The maximum Gasteiger partial charge on any atom is 0.238 e. The minimum absolute atomic E-state index is 0.127. The van der Waals surface area contributed by atoms with Crippen molar-refractivity contribution in [2.75, 3.05) is 5.32 Å². The second-order valence-electron chi connectivity index (χ2n) is 4.14. The van der Waals surface area contributed by atoms with Crippen molar-refractivity contribution in [3.05, 3.63) is 46.2 Å². The van der Waals surface area contributed by atoms with E-state index in [0.717, 1.165) is 18.7 Å². The van der Waals surface area contributed by atoms with E-state index in [0.29, 0.717) is 0 Å². The summed E-state index contributed by atoms with van der Waals surface area (Å²) in [6.45, 7) is 2.87. The van der Waals surface area contributed by atoms with Crippen molar-refractivity contribution in [2.45, 2.75) is 24.8 Å². The van der Waals surface area contributed by atoms with Crippen LogP contribution in [0.5, 0.6) is 0 Å². The highest BCUT2D eigenvalue weighted by Gasteiger charge is 2.06. The van der Waals surface area contributed by atoms with Gasteiger partial charge in [-0.3, -0.25) is 0 Å². The minimum Gasteiger partial charge on any atom is -0.380 e. The topological polar surface area (TPSA) is 72.2 Å². The molecule has 1 heterocycles. The van der Waals surface area contributed by atoms with E-state index in [1.165, 1.54) is 21.9 Å². The molecule has 0 amide bonds. The van der Waals surface area contributed by atoms with Gasteiger partial charge in [0.15, 0.2) is 0 Å². The fourth-order valence-electron chi connectivity index (χ4n) is 1.66. The van der Waals surface area contributed by atoms with Gasteiger partial charge in [-0.2, -0.15) is 0 Å². The molecule has 6 heteroatoms. The summed E-state index contributed by atoms with van der Waals surface area (Å²) in [5, 5.41) is 8.30. The second kappa shape index (κ2) is 5.73. The third kappa shape index (κ3) is 3.79. The molecule has 0 aliphatic carbocycles. The molecule has 0 unspecified atom stereocenters. The van der Waals surface area contributed by atoms with Crippen LogP contribution >= 0.6 is 11.3 Å². The highest BCUT2D eigenvalue weighted by Crippen LogP contribution is 2.19. The summed E-state index contributed by atoms with van der Waals surface area (Å²) >= 11 is 1.78. The molecule has 2 rings (SSSR count). The number of sulfonamides is 1. The van der Waals surface area contributed by atoms with Crippen LogP contribution in [-0.2, 0) is 23.0 Å². The Morgan fingerprint density at radius 2 is 1.74 bits per heavy atom. The Kier molecular flexibility index (Phi) is 4.24. The molecular formula is C13H16N2O2S2. The van der Waals surface area contributed by atoms with Gasteiger partial charge >= 0.3 is 0 Å². The number of benzene rings is 1. The number of rotatable bonds is 5. The SMILES string of the molecule is CCc1ccc(CNc2ccc(S(N)(=O)=O)cc2)s1. The van der Waals surface area contributed by atoms with Crippen LogP contribution in [0.15, 0.2) is 41.3 Å². The Labute approximate surface area is 117 Å². The van der Waals surface area contributed by atoms with Crippen molar-refractivity contribution in [2.24, 2.45) is 5.14 Å². The second-order valence-corrected chi connectivity index (χ2v) is 6.96. The van der Waals surface area contributed by atoms with Crippen molar-refractivity contribution in [1.82, 2.24) is 0 Å². The molecule has 0 radical (unpaired) electrons. The van der Waals surface area contributed by atoms with Gasteiger partial charge in [0.1, 0.15) is 0 Å². The van der Waals surface area contributed by atoms with Crippen LogP contribution in [0.1, 0.15) is 16.7 Å². The molecule has 0 aliphatic heterocycles. The lowest BCUT2D eigenvalue weighted by Crippen LogP contribution is -2.11. The van der Waals surface area contributed by atoms with Gasteiger partial charge in [-0.05, 0) is 42.8 Å². The van der Waals surface area contributed by atoms with Crippen LogP contribution < -0.4 is 10.5 Å². The Morgan fingerprint density at radius 1 is 1.11 bits per heavy atom. The maximum absolute atomic E-state index is 11.1. The molecule has 102 valence electrons.